The maximum Gasteiger partial charge on any atom is 0.246 e. The first-order chi connectivity index (χ1) is 13.2. The topological polar surface area (TPSA) is 77.5 Å². The fourth-order valence-electron chi connectivity index (χ4n) is 4.21. The van der Waals surface area contributed by atoms with Gasteiger partial charge in [-0.2, -0.15) is 5.26 Å². The Hall–Kier alpha value is -2.81. The van der Waals surface area contributed by atoms with Crippen molar-refractivity contribution in [2.24, 2.45) is 0 Å². The molecule has 0 bridgehead atoms. The van der Waals surface area contributed by atoms with E-state index < -0.39 is 6.04 Å². The number of rotatable bonds is 4. The molecule has 0 aliphatic carbocycles. The van der Waals surface area contributed by atoms with Gasteiger partial charge in [-0.25, -0.2) is 0 Å². The second-order valence-corrected chi connectivity index (χ2v) is 7.31. The number of carbonyl (C=O) groups excluding carboxylic acids is 2. The molecule has 6 heteroatoms. The van der Waals surface area contributed by atoms with Crippen molar-refractivity contribution in [2.75, 3.05) is 13.1 Å². The van der Waals surface area contributed by atoms with Crippen LogP contribution in [0, 0.1) is 11.3 Å². The highest BCUT2D eigenvalue weighted by Gasteiger charge is 2.39. The maximum absolute atomic E-state index is 12.9. The molecular weight excluding hydrogens is 342 g/mol. The van der Waals surface area contributed by atoms with Gasteiger partial charge in [0.2, 0.25) is 11.8 Å². The largest absolute Gasteiger partial charge is 0.461 e. The van der Waals surface area contributed by atoms with Gasteiger partial charge in [0.05, 0.1) is 6.07 Å². The molecule has 140 valence electrons. The van der Waals surface area contributed by atoms with Crippen LogP contribution in [-0.2, 0) is 16.0 Å². The van der Waals surface area contributed by atoms with E-state index in [1.165, 1.54) is 0 Å². The van der Waals surface area contributed by atoms with Gasteiger partial charge in [-0.15, -0.1) is 0 Å². The van der Waals surface area contributed by atoms with Crippen LogP contribution in [-0.4, -0.2) is 46.8 Å². The van der Waals surface area contributed by atoms with Crippen molar-refractivity contribution in [1.82, 2.24) is 9.80 Å². The number of benzene rings is 1. The zero-order valence-electron chi connectivity index (χ0n) is 15.3. The van der Waals surface area contributed by atoms with Gasteiger partial charge >= 0.3 is 0 Å². The molecule has 1 aromatic heterocycles. The monoisotopic (exact) mass is 365 g/mol. The highest BCUT2D eigenvalue weighted by atomic mass is 16.3. The molecule has 2 aliphatic rings. The third kappa shape index (κ3) is 3.42. The number of likely N-dealkylation sites (tertiary alicyclic amines) is 2. The number of para-hydroxylation sites is 1. The summed E-state index contributed by atoms with van der Waals surface area (Å²) in [6.45, 7) is 1.23. The van der Waals surface area contributed by atoms with Crippen molar-refractivity contribution in [2.45, 2.75) is 50.6 Å². The molecule has 0 saturated carbocycles. The van der Waals surface area contributed by atoms with Crippen molar-refractivity contribution >= 4 is 22.8 Å². The van der Waals surface area contributed by atoms with E-state index in [4.69, 9.17) is 4.42 Å². The molecule has 3 heterocycles. The lowest BCUT2D eigenvalue weighted by atomic mass is 10.1. The quantitative estimate of drug-likeness (QED) is 0.835. The summed E-state index contributed by atoms with van der Waals surface area (Å²) in [7, 11) is 0. The van der Waals surface area contributed by atoms with E-state index >= 15 is 0 Å². The molecule has 0 unspecified atom stereocenters. The maximum atomic E-state index is 12.9. The fraction of sp³-hybridized carbons (Fsp3) is 0.476. The number of nitriles is 1. The van der Waals surface area contributed by atoms with Crippen molar-refractivity contribution in [3.05, 3.63) is 36.1 Å². The van der Waals surface area contributed by atoms with Crippen molar-refractivity contribution in [3.63, 3.8) is 0 Å². The van der Waals surface area contributed by atoms with Gasteiger partial charge in [0.25, 0.3) is 0 Å². The standard InChI is InChI=1S/C21H23N3O3/c22-14-16-6-3-11-23(16)21(26)18-7-4-12-24(18)20(25)10-9-17-13-15-5-1-2-8-19(15)27-17/h1-2,5,8,13,16,18H,3-4,6-7,9-12H2/t16-,18+/m0/s1. The van der Waals surface area contributed by atoms with E-state index in [0.29, 0.717) is 32.4 Å². The zero-order chi connectivity index (χ0) is 18.8. The third-order valence-corrected chi connectivity index (χ3v) is 5.60. The lowest BCUT2D eigenvalue weighted by Crippen LogP contribution is -2.49. The van der Waals surface area contributed by atoms with Crippen molar-refractivity contribution in [3.8, 4) is 6.07 Å². The molecule has 0 N–H and O–H groups in total. The van der Waals surface area contributed by atoms with Crippen LogP contribution in [0.1, 0.15) is 37.9 Å². The molecule has 1 aromatic carbocycles. The lowest BCUT2D eigenvalue weighted by Gasteiger charge is -2.29. The van der Waals surface area contributed by atoms with Crippen LogP contribution in [0.4, 0.5) is 0 Å². The molecule has 2 atom stereocenters. The molecule has 2 aromatic rings. The second kappa shape index (κ2) is 7.43. The number of hydrogen-bond acceptors (Lipinski definition) is 4. The summed E-state index contributed by atoms with van der Waals surface area (Å²) < 4.78 is 5.78. The molecule has 4 rings (SSSR count). The van der Waals surface area contributed by atoms with E-state index in [-0.39, 0.29) is 17.9 Å². The Balaban J connectivity index is 1.40. The number of nitrogens with zero attached hydrogens (tertiary/aromatic N) is 3. The van der Waals surface area contributed by atoms with Crippen LogP contribution < -0.4 is 0 Å². The minimum atomic E-state index is -0.415. The number of amides is 2. The van der Waals surface area contributed by atoms with E-state index in [9.17, 15) is 14.9 Å². The molecule has 27 heavy (non-hydrogen) atoms. The van der Waals surface area contributed by atoms with Gasteiger partial charge in [-0.1, -0.05) is 18.2 Å². The number of fused-ring (bicyclic) bond motifs is 1. The van der Waals surface area contributed by atoms with Crippen LogP contribution in [0.15, 0.2) is 34.7 Å². The van der Waals surface area contributed by atoms with Crippen molar-refractivity contribution < 1.29 is 14.0 Å². The minimum absolute atomic E-state index is 0.0148. The molecule has 0 radical (unpaired) electrons. The zero-order valence-corrected chi connectivity index (χ0v) is 15.3. The van der Waals surface area contributed by atoms with Crippen LogP contribution in [0.3, 0.4) is 0 Å². The predicted octanol–water partition coefficient (Wildman–Crippen LogP) is 2.87. The Morgan fingerprint density at radius 1 is 1.15 bits per heavy atom. The van der Waals surface area contributed by atoms with Crippen LogP contribution in [0.25, 0.3) is 11.0 Å². The van der Waals surface area contributed by atoms with E-state index in [0.717, 1.165) is 36.0 Å². The first-order valence-electron chi connectivity index (χ1n) is 9.64. The molecule has 2 saturated heterocycles. The molecule has 0 spiro atoms. The summed E-state index contributed by atoms with van der Waals surface area (Å²) in [5.74, 6) is 0.711. The number of hydrogen-bond donors (Lipinski definition) is 0. The summed E-state index contributed by atoms with van der Waals surface area (Å²) in [6, 6.07) is 11.2. The summed E-state index contributed by atoms with van der Waals surface area (Å²) >= 11 is 0. The van der Waals surface area contributed by atoms with Crippen LogP contribution in [0.2, 0.25) is 0 Å². The second-order valence-electron chi connectivity index (χ2n) is 7.31. The van der Waals surface area contributed by atoms with Gasteiger partial charge < -0.3 is 14.2 Å². The van der Waals surface area contributed by atoms with Gasteiger partial charge in [0.1, 0.15) is 23.4 Å². The average molecular weight is 365 g/mol. The molecule has 2 fully saturated rings. The highest BCUT2D eigenvalue weighted by Crippen LogP contribution is 2.26. The Morgan fingerprint density at radius 3 is 2.74 bits per heavy atom. The predicted molar refractivity (Wildman–Crippen MR) is 99.6 cm³/mol. The Kier molecular flexibility index (Phi) is 4.85. The van der Waals surface area contributed by atoms with Crippen LogP contribution in [0.5, 0.6) is 0 Å². The first kappa shape index (κ1) is 17.6. The van der Waals surface area contributed by atoms with Gasteiger partial charge in [-0.3, -0.25) is 9.59 Å². The van der Waals surface area contributed by atoms with Crippen LogP contribution >= 0.6 is 0 Å². The Morgan fingerprint density at radius 2 is 1.93 bits per heavy atom. The van der Waals surface area contributed by atoms with Gasteiger partial charge in [0, 0.05) is 31.3 Å². The SMILES string of the molecule is N#C[C@@H]1CCCN1C(=O)[C@H]1CCCN1C(=O)CCc1cc2ccccc2o1. The first-order valence-corrected chi connectivity index (χ1v) is 9.64. The van der Waals surface area contributed by atoms with E-state index in [2.05, 4.69) is 6.07 Å². The Labute approximate surface area is 158 Å². The third-order valence-electron chi connectivity index (χ3n) is 5.60. The molecular formula is C21H23N3O3. The smallest absolute Gasteiger partial charge is 0.246 e. The minimum Gasteiger partial charge on any atom is -0.461 e. The highest BCUT2D eigenvalue weighted by molar-refractivity contribution is 5.89. The van der Waals surface area contributed by atoms with E-state index in [1.807, 2.05) is 30.3 Å². The number of carbonyl (C=O) groups is 2. The number of furan rings is 1. The number of aryl methyl sites for hydroxylation is 1. The fourth-order valence-corrected chi connectivity index (χ4v) is 4.21. The van der Waals surface area contributed by atoms with E-state index in [1.54, 1.807) is 9.80 Å². The Bertz CT molecular complexity index is 864. The summed E-state index contributed by atoms with van der Waals surface area (Å²) in [5.41, 5.74) is 0.825. The van der Waals surface area contributed by atoms with Gasteiger partial charge in [0.15, 0.2) is 0 Å². The normalized spacial score (nSPS) is 22.3. The summed E-state index contributed by atoms with van der Waals surface area (Å²) in [4.78, 5) is 29.0. The molecule has 6 nitrogen and oxygen atoms in total. The molecule has 2 amide bonds. The molecule has 2 aliphatic heterocycles. The van der Waals surface area contributed by atoms with Crippen molar-refractivity contribution in [1.29, 1.82) is 5.26 Å². The lowest BCUT2D eigenvalue weighted by molar-refractivity contribution is -0.143. The summed E-state index contributed by atoms with van der Waals surface area (Å²) in [5, 5.41) is 10.3. The average Bonchev–Trinajstić information content (AvgIpc) is 3.43. The van der Waals surface area contributed by atoms with Gasteiger partial charge in [-0.05, 0) is 37.8 Å². The summed E-state index contributed by atoms with van der Waals surface area (Å²) in [6.07, 6.45) is 3.95.